The number of rotatable bonds is 4. The van der Waals surface area contributed by atoms with E-state index in [1.165, 1.54) is 0 Å². The second-order valence-corrected chi connectivity index (χ2v) is 6.48. The summed E-state index contributed by atoms with van der Waals surface area (Å²) < 4.78 is 11.0. The Labute approximate surface area is 130 Å². The molecule has 1 amide bonds. The summed E-state index contributed by atoms with van der Waals surface area (Å²) in [6.07, 6.45) is 2.88. The van der Waals surface area contributed by atoms with Crippen molar-refractivity contribution in [3.63, 3.8) is 0 Å². The van der Waals surface area contributed by atoms with E-state index in [4.69, 9.17) is 9.47 Å². The zero-order valence-corrected chi connectivity index (χ0v) is 13.4. The van der Waals surface area contributed by atoms with E-state index in [-0.39, 0.29) is 24.6 Å². The molecule has 1 saturated heterocycles. The van der Waals surface area contributed by atoms with E-state index in [9.17, 15) is 9.59 Å². The van der Waals surface area contributed by atoms with E-state index in [1.54, 1.807) is 23.2 Å². The van der Waals surface area contributed by atoms with E-state index < -0.39 is 5.60 Å². The molecule has 22 heavy (non-hydrogen) atoms. The highest BCUT2D eigenvalue weighted by molar-refractivity contribution is 5.95. The fraction of sp³-hybridized carbons (Fsp3) is 0.625. The molecular formula is C16H24N2O4. The van der Waals surface area contributed by atoms with Crippen molar-refractivity contribution in [2.45, 2.75) is 45.3 Å². The van der Waals surface area contributed by atoms with Gasteiger partial charge in [0.2, 0.25) is 5.78 Å². The fourth-order valence-electron chi connectivity index (χ4n) is 2.31. The summed E-state index contributed by atoms with van der Waals surface area (Å²) in [4.78, 5) is 28.3. The quantitative estimate of drug-likeness (QED) is 0.868. The van der Waals surface area contributed by atoms with Gasteiger partial charge in [-0.2, -0.15) is 0 Å². The number of likely N-dealkylation sites (tertiary alicyclic amines) is 1. The Morgan fingerprint density at radius 1 is 1.32 bits per heavy atom. The molecule has 0 atom stereocenters. The smallest absolute Gasteiger partial charge is 0.410 e. The number of Topliss-reactive ketones (excluding diaryl/α,β-unsaturated/α-hetero) is 1. The largest absolute Gasteiger partial charge is 0.444 e. The zero-order valence-electron chi connectivity index (χ0n) is 13.4. The zero-order chi connectivity index (χ0) is 16.2. The Morgan fingerprint density at radius 2 is 2.00 bits per heavy atom. The highest BCUT2D eigenvalue weighted by atomic mass is 16.6. The minimum Gasteiger partial charge on any atom is -0.444 e. The molecule has 1 aliphatic rings. The van der Waals surface area contributed by atoms with Gasteiger partial charge in [-0.25, -0.2) is 4.79 Å². The van der Waals surface area contributed by atoms with Crippen molar-refractivity contribution in [3.05, 3.63) is 24.0 Å². The molecule has 2 rings (SSSR count). The summed E-state index contributed by atoms with van der Waals surface area (Å²) in [5.74, 6) is -0.0560. The van der Waals surface area contributed by atoms with Crippen LogP contribution in [0.1, 0.15) is 44.1 Å². The lowest BCUT2D eigenvalue weighted by molar-refractivity contribution is -0.00849. The van der Waals surface area contributed by atoms with Crippen LogP contribution >= 0.6 is 0 Å². The van der Waals surface area contributed by atoms with Crippen LogP contribution in [0.2, 0.25) is 0 Å². The standard InChI is InChI=1S/C16H24N2O4/c1-16(2,3)22-15(20)18-9-6-12(7-10-18)21-11-14(19)13-5-4-8-17-13/h4-5,8,12,17H,6-7,9-11H2,1-3H3. The Hall–Kier alpha value is -1.82. The number of nitrogens with one attached hydrogen (secondary N) is 1. The molecule has 0 bridgehead atoms. The molecule has 0 saturated carbocycles. The number of hydrogen-bond acceptors (Lipinski definition) is 4. The van der Waals surface area contributed by atoms with Crippen LogP contribution in [0.25, 0.3) is 0 Å². The van der Waals surface area contributed by atoms with Gasteiger partial charge in [0.1, 0.15) is 12.2 Å². The predicted molar refractivity (Wildman–Crippen MR) is 81.9 cm³/mol. The number of H-pyrrole nitrogens is 1. The molecule has 1 aliphatic heterocycles. The lowest BCUT2D eigenvalue weighted by Gasteiger charge is -2.33. The van der Waals surface area contributed by atoms with Crippen molar-refractivity contribution in [1.82, 2.24) is 9.88 Å². The molecule has 122 valence electrons. The van der Waals surface area contributed by atoms with Crippen LogP contribution in [0.4, 0.5) is 4.79 Å². The number of amides is 1. The summed E-state index contributed by atoms with van der Waals surface area (Å²) in [5.41, 5.74) is 0.0820. The normalized spacial score (nSPS) is 16.6. The lowest BCUT2D eigenvalue weighted by Crippen LogP contribution is -2.43. The van der Waals surface area contributed by atoms with Gasteiger partial charge in [0.25, 0.3) is 0 Å². The fourth-order valence-corrected chi connectivity index (χ4v) is 2.31. The van der Waals surface area contributed by atoms with Gasteiger partial charge in [-0.1, -0.05) is 0 Å². The van der Waals surface area contributed by atoms with E-state index in [0.717, 1.165) is 12.8 Å². The number of piperidine rings is 1. The number of carbonyl (C=O) groups is 2. The molecule has 0 unspecified atom stereocenters. The van der Waals surface area contributed by atoms with Gasteiger partial charge in [0, 0.05) is 19.3 Å². The molecule has 6 heteroatoms. The van der Waals surface area contributed by atoms with E-state index in [2.05, 4.69) is 4.98 Å². The highest BCUT2D eigenvalue weighted by Gasteiger charge is 2.27. The van der Waals surface area contributed by atoms with Crippen molar-refractivity contribution < 1.29 is 19.1 Å². The first-order chi connectivity index (χ1) is 10.3. The van der Waals surface area contributed by atoms with E-state index in [1.807, 2.05) is 20.8 Å². The number of carbonyl (C=O) groups excluding carboxylic acids is 2. The third kappa shape index (κ3) is 4.87. The van der Waals surface area contributed by atoms with Gasteiger partial charge in [-0.3, -0.25) is 4.79 Å². The van der Waals surface area contributed by atoms with Crippen LogP contribution in [-0.4, -0.2) is 53.2 Å². The first kappa shape index (κ1) is 16.5. The first-order valence-corrected chi connectivity index (χ1v) is 7.61. The number of aromatic amines is 1. The summed E-state index contributed by atoms with van der Waals surface area (Å²) in [6, 6.07) is 3.52. The number of aromatic nitrogens is 1. The number of hydrogen-bond donors (Lipinski definition) is 1. The maximum atomic E-state index is 11.9. The summed E-state index contributed by atoms with van der Waals surface area (Å²) in [6.45, 7) is 6.82. The van der Waals surface area contributed by atoms with Gasteiger partial charge in [-0.05, 0) is 45.7 Å². The molecule has 1 aromatic rings. The minimum atomic E-state index is -0.479. The molecule has 2 heterocycles. The molecule has 0 radical (unpaired) electrons. The van der Waals surface area contributed by atoms with Gasteiger partial charge >= 0.3 is 6.09 Å². The minimum absolute atomic E-state index is 0.0117. The number of ketones is 1. The van der Waals surface area contributed by atoms with Gasteiger partial charge in [0.15, 0.2) is 0 Å². The average Bonchev–Trinajstić information content (AvgIpc) is 2.97. The molecule has 0 aromatic carbocycles. The van der Waals surface area contributed by atoms with Crippen molar-refractivity contribution >= 4 is 11.9 Å². The Kier molecular flexibility index (Phi) is 5.24. The average molecular weight is 308 g/mol. The van der Waals surface area contributed by atoms with Crippen LogP contribution in [0.5, 0.6) is 0 Å². The van der Waals surface area contributed by atoms with Crippen LogP contribution in [-0.2, 0) is 9.47 Å². The second-order valence-electron chi connectivity index (χ2n) is 6.48. The third-order valence-electron chi connectivity index (χ3n) is 3.44. The summed E-state index contributed by atoms with van der Waals surface area (Å²) in [7, 11) is 0. The SMILES string of the molecule is CC(C)(C)OC(=O)N1CCC(OCC(=O)c2ccc[nH]2)CC1. The van der Waals surface area contributed by atoms with Crippen LogP contribution in [0.15, 0.2) is 18.3 Å². The molecule has 1 fully saturated rings. The Balaban J connectivity index is 1.71. The van der Waals surface area contributed by atoms with Crippen molar-refractivity contribution in [2.75, 3.05) is 19.7 Å². The first-order valence-electron chi connectivity index (χ1n) is 7.61. The Morgan fingerprint density at radius 3 is 2.55 bits per heavy atom. The van der Waals surface area contributed by atoms with Crippen molar-refractivity contribution in [3.8, 4) is 0 Å². The van der Waals surface area contributed by atoms with Crippen LogP contribution in [0.3, 0.4) is 0 Å². The van der Waals surface area contributed by atoms with Crippen molar-refractivity contribution in [2.24, 2.45) is 0 Å². The van der Waals surface area contributed by atoms with E-state index in [0.29, 0.717) is 18.8 Å². The molecule has 0 aliphatic carbocycles. The number of nitrogens with zero attached hydrogens (tertiary/aromatic N) is 1. The van der Waals surface area contributed by atoms with E-state index >= 15 is 0 Å². The molecule has 6 nitrogen and oxygen atoms in total. The van der Waals surface area contributed by atoms with Crippen LogP contribution in [0, 0.1) is 0 Å². The lowest BCUT2D eigenvalue weighted by atomic mass is 10.1. The molecular weight excluding hydrogens is 284 g/mol. The molecule has 1 aromatic heterocycles. The monoisotopic (exact) mass is 308 g/mol. The maximum absolute atomic E-state index is 11.9. The summed E-state index contributed by atoms with van der Waals surface area (Å²) >= 11 is 0. The van der Waals surface area contributed by atoms with Crippen molar-refractivity contribution in [1.29, 1.82) is 0 Å². The maximum Gasteiger partial charge on any atom is 0.410 e. The Bertz CT molecular complexity index is 497. The molecule has 1 N–H and O–H groups in total. The number of ether oxygens (including phenoxy) is 2. The second kappa shape index (κ2) is 6.96. The summed E-state index contributed by atoms with van der Waals surface area (Å²) in [5, 5.41) is 0. The molecule has 0 spiro atoms. The van der Waals surface area contributed by atoms with Gasteiger partial charge in [-0.15, -0.1) is 0 Å². The predicted octanol–water partition coefficient (Wildman–Crippen LogP) is 2.61. The van der Waals surface area contributed by atoms with Crippen LogP contribution < -0.4 is 0 Å². The topological polar surface area (TPSA) is 71.6 Å². The van der Waals surface area contributed by atoms with Gasteiger partial charge < -0.3 is 19.4 Å². The third-order valence-corrected chi connectivity index (χ3v) is 3.44. The van der Waals surface area contributed by atoms with Gasteiger partial charge in [0.05, 0.1) is 11.8 Å². The highest BCUT2D eigenvalue weighted by Crippen LogP contribution is 2.17.